The first kappa shape index (κ1) is 22.1. The van der Waals surface area contributed by atoms with E-state index in [0.29, 0.717) is 18.8 Å². The van der Waals surface area contributed by atoms with Gasteiger partial charge in [-0.15, -0.1) is 11.8 Å². The van der Waals surface area contributed by atoms with Gasteiger partial charge in [0.2, 0.25) is 11.8 Å². The minimum Gasteiger partial charge on any atom is -0.369 e. The Morgan fingerprint density at radius 3 is 2.40 bits per heavy atom. The number of ketones is 1. The monoisotopic (exact) mass is 425 g/mol. The molecule has 158 valence electrons. The number of amides is 2. The van der Waals surface area contributed by atoms with Gasteiger partial charge >= 0.3 is 0 Å². The molecule has 1 aliphatic rings. The van der Waals surface area contributed by atoms with Crippen LogP contribution >= 0.6 is 11.8 Å². The Morgan fingerprint density at radius 2 is 1.73 bits per heavy atom. The van der Waals surface area contributed by atoms with Gasteiger partial charge in [0.1, 0.15) is 0 Å². The molecule has 0 radical (unpaired) electrons. The molecule has 1 aliphatic heterocycles. The fourth-order valence-corrected chi connectivity index (χ4v) is 4.29. The topological polar surface area (TPSA) is 92.5 Å². The number of aryl methyl sites for hydroxylation is 1. The zero-order chi connectivity index (χ0) is 21.5. The predicted molar refractivity (Wildman–Crippen MR) is 120 cm³/mol. The van der Waals surface area contributed by atoms with Crippen molar-refractivity contribution in [1.82, 2.24) is 4.90 Å². The van der Waals surface area contributed by atoms with Crippen molar-refractivity contribution in [3.8, 4) is 0 Å². The third-order valence-electron chi connectivity index (χ3n) is 5.19. The number of primary amides is 1. The van der Waals surface area contributed by atoms with Crippen molar-refractivity contribution in [2.24, 2.45) is 11.7 Å². The summed E-state index contributed by atoms with van der Waals surface area (Å²) in [6.07, 6.45) is 1.51. The lowest BCUT2D eigenvalue weighted by Gasteiger charge is -2.30. The molecule has 2 aromatic rings. The number of thioether (sulfide) groups is 1. The maximum absolute atomic E-state index is 12.7. The molecule has 2 aromatic carbocycles. The van der Waals surface area contributed by atoms with E-state index in [2.05, 4.69) is 10.2 Å². The van der Waals surface area contributed by atoms with Gasteiger partial charge in [-0.05, 0) is 45.0 Å². The van der Waals surface area contributed by atoms with Crippen LogP contribution < -0.4 is 11.1 Å². The highest BCUT2D eigenvalue weighted by molar-refractivity contribution is 8.00. The van der Waals surface area contributed by atoms with Crippen molar-refractivity contribution in [2.75, 3.05) is 30.7 Å². The summed E-state index contributed by atoms with van der Waals surface area (Å²) in [5, 5.41) is 2.93. The lowest BCUT2D eigenvalue weighted by molar-refractivity contribution is -0.117. The largest absolute Gasteiger partial charge is 0.369 e. The SMILES string of the molecule is Cc1ccc(C(=O)C2CCN(CC(=O)Nc3ccccc3SCC(N)=O)CC2)cc1. The zero-order valence-electron chi connectivity index (χ0n) is 17.1. The van der Waals surface area contributed by atoms with E-state index in [-0.39, 0.29) is 29.9 Å². The molecule has 0 aliphatic carbocycles. The van der Waals surface area contributed by atoms with Crippen molar-refractivity contribution in [3.05, 3.63) is 59.7 Å². The molecule has 30 heavy (non-hydrogen) atoms. The van der Waals surface area contributed by atoms with Crippen LogP contribution in [0.5, 0.6) is 0 Å². The molecule has 1 fully saturated rings. The molecule has 2 amide bonds. The van der Waals surface area contributed by atoms with E-state index in [1.165, 1.54) is 11.8 Å². The average molecular weight is 426 g/mol. The van der Waals surface area contributed by atoms with Crippen molar-refractivity contribution >= 4 is 35.0 Å². The Morgan fingerprint density at radius 1 is 1.07 bits per heavy atom. The van der Waals surface area contributed by atoms with Gasteiger partial charge in [0.15, 0.2) is 5.78 Å². The highest BCUT2D eigenvalue weighted by Crippen LogP contribution is 2.27. The second-order valence-corrected chi connectivity index (χ2v) is 8.60. The van der Waals surface area contributed by atoms with Gasteiger partial charge in [-0.2, -0.15) is 0 Å². The number of carbonyl (C=O) groups is 3. The van der Waals surface area contributed by atoms with Crippen LogP contribution in [-0.4, -0.2) is 47.9 Å². The first-order valence-corrected chi connectivity index (χ1v) is 11.0. The number of rotatable bonds is 8. The summed E-state index contributed by atoms with van der Waals surface area (Å²) >= 11 is 1.31. The summed E-state index contributed by atoms with van der Waals surface area (Å²) in [6.45, 7) is 3.72. The van der Waals surface area contributed by atoms with Gasteiger partial charge in [0, 0.05) is 16.4 Å². The molecule has 0 atom stereocenters. The molecule has 0 aromatic heterocycles. The Labute approximate surface area is 181 Å². The molecule has 6 nitrogen and oxygen atoms in total. The van der Waals surface area contributed by atoms with Crippen LogP contribution in [0, 0.1) is 12.8 Å². The van der Waals surface area contributed by atoms with Crippen LogP contribution in [0.4, 0.5) is 5.69 Å². The molecule has 3 rings (SSSR count). The van der Waals surface area contributed by atoms with Crippen LogP contribution in [0.1, 0.15) is 28.8 Å². The summed E-state index contributed by atoms with van der Waals surface area (Å²) in [7, 11) is 0. The quantitative estimate of drug-likeness (QED) is 0.501. The standard InChI is InChI=1S/C23H27N3O3S/c1-16-6-8-17(9-7-16)23(29)18-10-12-26(13-11-18)14-22(28)25-19-4-2-3-5-20(19)30-15-21(24)27/h2-9,18H,10-15H2,1H3,(H2,24,27)(H,25,28). The Kier molecular flexibility index (Phi) is 7.65. The second kappa shape index (κ2) is 10.4. The van der Waals surface area contributed by atoms with E-state index in [0.717, 1.165) is 28.9 Å². The maximum atomic E-state index is 12.7. The maximum Gasteiger partial charge on any atom is 0.238 e. The minimum atomic E-state index is -0.399. The Hall–Kier alpha value is -2.64. The molecule has 3 N–H and O–H groups in total. The van der Waals surface area contributed by atoms with Crippen LogP contribution in [0.3, 0.4) is 0 Å². The third-order valence-corrected chi connectivity index (χ3v) is 6.29. The summed E-state index contributed by atoms with van der Waals surface area (Å²) < 4.78 is 0. The summed E-state index contributed by atoms with van der Waals surface area (Å²) in [5.41, 5.74) is 7.80. The van der Waals surface area contributed by atoms with E-state index in [1.54, 1.807) is 0 Å². The third kappa shape index (κ3) is 6.18. The van der Waals surface area contributed by atoms with Crippen LogP contribution in [-0.2, 0) is 9.59 Å². The average Bonchev–Trinajstić information content (AvgIpc) is 2.73. The van der Waals surface area contributed by atoms with E-state index >= 15 is 0 Å². The molecular formula is C23H27N3O3S. The van der Waals surface area contributed by atoms with Gasteiger partial charge in [-0.3, -0.25) is 19.3 Å². The Balaban J connectivity index is 1.49. The van der Waals surface area contributed by atoms with Crippen molar-refractivity contribution < 1.29 is 14.4 Å². The van der Waals surface area contributed by atoms with Gasteiger partial charge in [-0.1, -0.05) is 42.0 Å². The summed E-state index contributed by atoms with van der Waals surface area (Å²) in [5.74, 6) is -0.137. The fraction of sp³-hybridized carbons (Fsp3) is 0.348. The van der Waals surface area contributed by atoms with Gasteiger partial charge in [-0.25, -0.2) is 0 Å². The van der Waals surface area contributed by atoms with Crippen LogP contribution in [0.25, 0.3) is 0 Å². The normalized spacial score (nSPS) is 15.0. The van der Waals surface area contributed by atoms with E-state index < -0.39 is 5.91 Å². The molecule has 7 heteroatoms. The van der Waals surface area contributed by atoms with Crippen molar-refractivity contribution in [2.45, 2.75) is 24.7 Å². The van der Waals surface area contributed by atoms with E-state index in [1.807, 2.05) is 55.5 Å². The summed E-state index contributed by atoms with van der Waals surface area (Å²) in [4.78, 5) is 39.1. The number of hydrogen-bond donors (Lipinski definition) is 2. The van der Waals surface area contributed by atoms with Crippen LogP contribution in [0.2, 0.25) is 0 Å². The first-order chi connectivity index (χ1) is 14.4. The number of anilines is 1. The summed E-state index contributed by atoms with van der Waals surface area (Å²) in [6, 6.07) is 15.1. The number of para-hydroxylation sites is 1. The van der Waals surface area contributed by atoms with Crippen molar-refractivity contribution in [3.63, 3.8) is 0 Å². The van der Waals surface area contributed by atoms with Gasteiger partial charge < -0.3 is 11.1 Å². The molecule has 1 saturated heterocycles. The molecule has 1 heterocycles. The van der Waals surface area contributed by atoms with Gasteiger partial charge in [0.05, 0.1) is 18.0 Å². The smallest absolute Gasteiger partial charge is 0.238 e. The molecular weight excluding hydrogens is 398 g/mol. The second-order valence-electron chi connectivity index (χ2n) is 7.58. The molecule has 0 saturated carbocycles. The van der Waals surface area contributed by atoms with E-state index in [9.17, 15) is 14.4 Å². The first-order valence-electron chi connectivity index (χ1n) is 10.1. The molecule has 0 unspecified atom stereocenters. The van der Waals surface area contributed by atoms with E-state index in [4.69, 9.17) is 5.73 Å². The number of nitrogens with one attached hydrogen (secondary N) is 1. The lowest BCUT2D eigenvalue weighted by Crippen LogP contribution is -2.40. The number of likely N-dealkylation sites (tertiary alicyclic amines) is 1. The number of nitrogens with two attached hydrogens (primary N) is 1. The molecule has 0 bridgehead atoms. The predicted octanol–water partition coefficient (Wildman–Crippen LogP) is 3.11. The van der Waals surface area contributed by atoms with Crippen LogP contribution in [0.15, 0.2) is 53.4 Å². The zero-order valence-corrected chi connectivity index (χ0v) is 17.9. The number of piperidine rings is 1. The highest BCUT2D eigenvalue weighted by atomic mass is 32.2. The number of carbonyl (C=O) groups excluding carboxylic acids is 3. The number of Topliss-reactive ketones (excluding diaryl/α,β-unsaturated/α-hetero) is 1. The van der Waals surface area contributed by atoms with Crippen molar-refractivity contribution in [1.29, 1.82) is 0 Å². The minimum absolute atomic E-state index is 0.0120. The number of benzene rings is 2. The lowest BCUT2D eigenvalue weighted by atomic mass is 9.88. The Bertz CT molecular complexity index is 906. The fourth-order valence-electron chi connectivity index (χ4n) is 3.54. The number of nitrogens with zero attached hydrogens (tertiary/aromatic N) is 1. The highest BCUT2D eigenvalue weighted by Gasteiger charge is 2.26. The van der Waals surface area contributed by atoms with Gasteiger partial charge in [0.25, 0.3) is 0 Å². The number of hydrogen-bond acceptors (Lipinski definition) is 5. The molecule has 0 spiro atoms.